The molecule has 15 heavy (non-hydrogen) atoms. The fraction of sp³-hybridized carbons (Fsp3) is 1.00. The van der Waals surface area contributed by atoms with Gasteiger partial charge in [-0.05, 0) is 30.7 Å². The van der Waals surface area contributed by atoms with Crippen molar-refractivity contribution < 1.29 is 4.74 Å². The molecule has 0 aromatic carbocycles. The molecule has 0 spiro atoms. The lowest BCUT2D eigenvalue weighted by atomic mass is 9.66. The summed E-state index contributed by atoms with van der Waals surface area (Å²) in [6, 6.07) is 0. The summed E-state index contributed by atoms with van der Waals surface area (Å²) in [5.74, 6) is 0.682. The Morgan fingerprint density at radius 3 is 2.47 bits per heavy atom. The van der Waals surface area contributed by atoms with Crippen molar-refractivity contribution in [3.63, 3.8) is 0 Å². The number of methoxy groups -OCH3 is 1. The number of hydrogen-bond acceptors (Lipinski definition) is 2. The van der Waals surface area contributed by atoms with Crippen molar-refractivity contribution >= 4 is 0 Å². The van der Waals surface area contributed by atoms with Gasteiger partial charge in [-0.15, -0.1) is 0 Å². The van der Waals surface area contributed by atoms with Crippen LogP contribution in [-0.4, -0.2) is 26.8 Å². The average molecular weight is 213 g/mol. The minimum atomic E-state index is 0.504. The van der Waals surface area contributed by atoms with Crippen LogP contribution in [0.15, 0.2) is 0 Å². The van der Waals surface area contributed by atoms with E-state index in [1.807, 2.05) is 7.11 Å². The molecule has 1 atom stereocenters. The number of ether oxygens (including phenoxy) is 1. The molecule has 0 aromatic rings. The molecule has 0 aromatic heterocycles. The van der Waals surface area contributed by atoms with Crippen molar-refractivity contribution in [1.29, 1.82) is 0 Å². The second-order valence-corrected chi connectivity index (χ2v) is 5.06. The largest absolute Gasteiger partial charge is 0.384 e. The molecule has 0 bridgehead atoms. The highest BCUT2D eigenvalue weighted by Gasteiger charge is 2.36. The van der Waals surface area contributed by atoms with Crippen LogP contribution in [0.1, 0.15) is 46.0 Å². The minimum Gasteiger partial charge on any atom is -0.384 e. The smallest absolute Gasteiger partial charge is 0.0493 e. The Morgan fingerprint density at radius 2 is 1.93 bits per heavy atom. The van der Waals surface area contributed by atoms with Crippen molar-refractivity contribution in [1.82, 2.24) is 5.32 Å². The zero-order valence-corrected chi connectivity index (χ0v) is 10.6. The average Bonchev–Trinajstić information content (AvgIpc) is 2.28. The molecule has 1 aliphatic rings. The SMILES string of the molecule is CCNCC1(C(C)COC)CCCCC1. The molecule has 1 unspecified atom stereocenters. The summed E-state index contributed by atoms with van der Waals surface area (Å²) >= 11 is 0. The van der Waals surface area contributed by atoms with Crippen LogP contribution in [0.5, 0.6) is 0 Å². The maximum atomic E-state index is 5.33. The van der Waals surface area contributed by atoms with Crippen LogP contribution in [0.2, 0.25) is 0 Å². The van der Waals surface area contributed by atoms with Gasteiger partial charge >= 0.3 is 0 Å². The zero-order valence-electron chi connectivity index (χ0n) is 10.6. The quantitative estimate of drug-likeness (QED) is 0.732. The van der Waals surface area contributed by atoms with E-state index in [1.54, 1.807) is 0 Å². The molecular formula is C13H27NO. The normalized spacial score (nSPS) is 22.6. The summed E-state index contributed by atoms with van der Waals surface area (Å²) in [7, 11) is 1.82. The molecule has 0 heterocycles. The van der Waals surface area contributed by atoms with Crippen LogP contribution in [0.3, 0.4) is 0 Å². The first-order valence-corrected chi connectivity index (χ1v) is 6.45. The molecule has 1 aliphatic carbocycles. The first kappa shape index (κ1) is 13.0. The Kier molecular flexibility index (Phi) is 5.62. The highest BCUT2D eigenvalue weighted by molar-refractivity contribution is 4.88. The van der Waals surface area contributed by atoms with Crippen molar-refractivity contribution in [2.45, 2.75) is 46.0 Å². The van der Waals surface area contributed by atoms with Gasteiger partial charge in [0.05, 0.1) is 0 Å². The molecule has 1 rings (SSSR count). The first-order valence-electron chi connectivity index (χ1n) is 6.45. The second-order valence-electron chi connectivity index (χ2n) is 5.06. The maximum Gasteiger partial charge on any atom is 0.0493 e. The summed E-state index contributed by atoms with van der Waals surface area (Å²) in [5.41, 5.74) is 0.504. The Balaban J connectivity index is 2.56. The summed E-state index contributed by atoms with van der Waals surface area (Å²) in [5, 5.41) is 3.54. The second kappa shape index (κ2) is 6.49. The lowest BCUT2D eigenvalue weighted by Gasteiger charge is -2.42. The minimum absolute atomic E-state index is 0.504. The predicted molar refractivity (Wildman–Crippen MR) is 65.1 cm³/mol. The van der Waals surface area contributed by atoms with E-state index >= 15 is 0 Å². The van der Waals surface area contributed by atoms with Gasteiger partial charge in [0, 0.05) is 20.3 Å². The molecule has 0 radical (unpaired) electrons. The van der Waals surface area contributed by atoms with E-state index in [0.29, 0.717) is 11.3 Å². The van der Waals surface area contributed by atoms with Gasteiger partial charge in [-0.2, -0.15) is 0 Å². The number of hydrogen-bond donors (Lipinski definition) is 1. The van der Waals surface area contributed by atoms with Gasteiger partial charge in [-0.3, -0.25) is 0 Å². The van der Waals surface area contributed by atoms with E-state index < -0.39 is 0 Å². The number of nitrogens with one attached hydrogen (secondary N) is 1. The third kappa shape index (κ3) is 3.46. The third-order valence-electron chi connectivity index (χ3n) is 4.04. The fourth-order valence-corrected chi connectivity index (χ4v) is 2.90. The summed E-state index contributed by atoms with van der Waals surface area (Å²) in [4.78, 5) is 0. The van der Waals surface area contributed by atoms with Gasteiger partial charge < -0.3 is 10.1 Å². The van der Waals surface area contributed by atoms with Gasteiger partial charge in [-0.1, -0.05) is 33.1 Å². The zero-order chi connectivity index (χ0) is 11.1. The van der Waals surface area contributed by atoms with E-state index in [4.69, 9.17) is 4.74 Å². The summed E-state index contributed by atoms with van der Waals surface area (Å²) in [6.45, 7) is 7.71. The van der Waals surface area contributed by atoms with Gasteiger partial charge in [0.2, 0.25) is 0 Å². The van der Waals surface area contributed by atoms with Gasteiger partial charge in [0.1, 0.15) is 0 Å². The molecule has 1 saturated carbocycles. The van der Waals surface area contributed by atoms with Crippen molar-refractivity contribution in [2.75, 3.05) is 26.8 Å². The molecular weight excluding hydrogens is 186 g/mol. The molecule has 2 nitrogen and oxygen atoms in total. The molecule has 0 amide bonds. The molecule has 1 fully saturated rings. The highest BCUT2D eigenvalue weighted by atomic mass is 16.5. The maximum absolute atomic E-state index is 5.33. The fourth-order valence-electron chi connectivity index (χ4n) is 2.90. The standard InChI is InChI=1S/C13H27NO/c1-4-14-11-13(12(2)10-15-3)8-6-5-7-9-13/h12,14H,4-11H2,1-3H3. The molecule has 1 N–H and O–H groups in total. The van der Waals surface area contributed by atoms with Crippen LogP contribution >= 0.6 is 0 Å². The van der Waals surface area contributed by atoms with Crippen molar-refractivity contribution in [3.05, 3.63) is 0 Å². The lowest BCUT2D eigenvalue weighted by Crippen LogP contribution is -2.42. The van der Waals surface area contributed by atoms with Crippen LogP contribution < -0.4 is 5.32 Å². The molecule has 2 heteroatoms. The van der Waals surface area contributed by atoms with E-state index in [1.165, 1.54) is 38.6 Å². The van der Waals surface area contributed by atoms with Crippen LogP contribution in [0, 0.1) is 11.3 Å². The Morgan fingerprint density at radius 1 is 1.27 bits per heavy atom. The topological polar surface area (TPSA) is 21.3 Å². The predicted octanol–water partition coefficient (Wildman–Crippen LogP) is 2.83. The summed E-state index contributed by atoms with van der Waals surface area (Å²) < 4.78 is 5.33. The third-order valence-corrected chi connectivity index (χ3v) is 4.04. The van der Waals surface area contributed by atoms with Crippen molar-refractivity contribution in [3.8, 4) is 0 Å². The van der Waals surface area contributed by atoms with Gasteiger partial charge in [-0.25, -0.2) is 0 Å². The van der Waals surface area contributed by atoms with Crippen LogP contribution in [-0.2, 0) is 4.74 Å². The lowest BCUT2D eigenvalue weighted by molar-refractivity contribution is 0.0403. The van der Waals surface area contributed by atoms with Crippen molar-refractivity contribution in [2.24, 2.45) is 11.3 Å². The Hall–Kier alpha value is -0.0800. The Labute approximate surface area is 94.8 Å². The molecule has 90 valence electrons. The molecule has 0 saturated heterocycles. The van der Waals surface area contributed by atoms with E-state index in [0.717, 1.165) is 13.2 Å². The Bertz CT molecular complexity index is 164. The number of rotatable bonds is 6. The monoisotopic (exact) mass is 213 g/mol. The molecule has 0 aliphatic heterocycles. The highest BCUT2D eigenvalue weighted by Crippen LogP contribution is 2.42. The van der Waals surface area contributed by atoms with E-state index in [-0.39, 0.29) is 0 Å². The first-order chi connectivity index (χ1) is 7.25. The summed E-state index contributed by atoms with van der Waals surface area (Å²) in [6.07, 6.45) is 6.99. The van der Waals surface area contributed by atoms with Gasteiger partial charge in [0.15, 0.2) is 0 Å². The van der Waals surface area contributed by atoms with Gasteiger partial charge in [0.25, 0.3) is 0 Å². The van der Waals surface area contributed by atoms with E-state index in [9.17, 15) is 0 Å². The van der Waals surface area contributed by atoms with E-state index in [2.05, 4.69) is 19.2 Å². The van der Waals surface area contributed by atoms with Crippen LogP contribution in [0.25, 0.3) is 0 Å². The van der Waals surface area contributed by atoms with Crippen LogP contribution in [0.4, 0.5) is 0 Å².